The molecular formula is C24H29N5O2. The lowest BCUT2D eigenvalue weighted by atomic mass is 9.79. The summed E-state index contributed by atoms with van der Waals surface area (Å²) in [5.41, 5.74) is 5.41. The lowest BCUT2D eigenvalue weighted by molar-refractivity contribution is -0.183. The highest BCUT2D eigenvalue weighted by Crippen LogP contribution is 2.37. The molecule has 2 aliphatic rings. The topological polar surface area (TPSA) is 72.6 Å². The molecule has 0 radical (unpaired) electrons. The number of nitrogens with zero attached hydrogens (tertiary/aromatic N) is 5. The van der Waals surface area contributed by atoms with Crippen molar-refractivity contribution in [1.82, 2.24) is 24.6 Å². The molecule has 0 spiro atoms. The third-order valence-electron chi connectivity index (χ3n) is 6.78. The van der Waals surface area contributed by atoms with Gasteiger partial charge < -0.3 is 0 Å². The number of carbonyl (C=O) groups excluding carboxylic acids is 1. The zero-order chi connectivity index (χ0) is 21.4. The lowest BCUT2D eigenvalue weighted by Gasteiger charge is -2.32. The molecule has 0 bridgehead atoms. The molecule has 3 aromatic heterocycles. The van der Waals surface area contributed by atoms with Crippen molar-refractivity contribution < 1.29 is 9.63 Å². The number of aryl methyl sites for hydroxylation is 2. The monoisotopic (exact) mass is 419 g/mol. The highest BCUT2D eigenvalue weighted by molar-refractivity contribution is 5.78. The SMILES string of the molecule is Cc1ccc([C@@H]2CCON2C(=O)[C@H]2CC[C@H](Cc3cc(C)c4ncnn4c3)CC2)cn1. The van der Waals surface area contributed by atoms with Gasteiger partial charge in [0.05, 0.1) is 12.6 Å². The lowest BCUT2D eigenvalue weighted by Crippen LogP contribution is -2.36. The van der Waals surface area contributed by atoms with Crippen molar-refractivity contribution in [2.75, 3.05) is 6.61 Å². The zero-order valence-electron chi connectivity index (χ0n) is 18.2. The van der Waals surface area contributed by atoms with Crippen LogP contribution in [0.4, 0.5) is 0 Å². The van der Waals surface area contributed by atoms with Crippen molar-refractivity contribution in [3.63, 3.8) is 0 Å². The van der Waals surface area contributed by atoms with Crippen LogP contribution in [0.2, 0.25) is 0 Å². The smallest absolute Gasteiger partial charge is 0.249 e. The highest BCUT2D eigenvalue weighted by Gasteiger charge is 2.37. The van der Waals surface area contributed by atoms with Gasteiger partial charge in [-0.2, -0.15) is 5.10 Å². The molecule has 1 atom stereocenters. The Hall–Kier alpha value is -2.80. The van der Waals surface area contributed by atoms with E-state index in [1.807, 2.05) is 23.7 Å². The van der Waals surface area contributed by atoms with Crippen LogP contribution in [-0.4, -0.2) is 37.2 Å². The number of fused-ring (bicyclic) bond motifs is 1. The first-order valence-corrected chi connectivity index (χ1v) is 11.3. The number of rotatable bonds is 4. The molecule has 0 N–H and O–H groups in total. The fraction of sp³-hybridized carbons (Fsp3) is 0.500. The second kappa shape index (κ2) is 8.38. The first-order chi connectivity index (χ1) is 15.1. The van der Waals surface area contributed by atoms with Crippen LogP contribution < -0.4 is 0 Å². The Bertz CT molecular complexity index is 1070. The van der Waals surface area contributed by atoms with Gasteiger partial charge in [0.15, 0.2) is 5.65 Å². The molecule has 4 heterocycles. The van der Waals surface area contributed by atoms with Gasteiger partial charge in [0.25, 0.3) is 0 Å². The molecule has 0 aromatic carbocycles. The molecule has 5 rings (SSSR count). The summed E-state index contributed by atoms with van der Waals surface area (Å²) < 4.78 is 1.87. The van der Waals surface area contributed by atoms with Crippen molar-refractivity contribution in [2.24, 2.45) is 11.8 Å². The minimum atomic E-state index is -0.0179. The van der Waals surface area contributed by atoms with E-state index in [0.29, 0.717) is 12.5 Å². The van der Waals surface area contributed by atoms with E-state index in [4.69, 9.17) is 4.84 Å². The maximum absolute atomic E-state index is 13.2. The summed E-state index contributed by atoms with van der Waals surface area (Å²) >= 11 is 0. The van der Waals surface area contributed by atoms with E-state index in [0.717, 1.165) is 61.0 Å². The second-order valence-corrected chi connectivity index (χ2v) is 9.02. The van der Waals surface area contributed by atoms with Crippen LogP contribution in [0.25, 0.3) is 5.65 Å². The van der Waals surface area contributed by atoms with Crippen molar-refractivity contribution >= 4 is 11.6 Å². The first kappa shape index (κ1) is 20.1. The molecule has 1 aliphatic carbocycles. The normalized spacial score (nSPS) is 24.1. The summed E-state index contributed by atoms with van der Waals surface area (Å²) in [7, 11) is 0. The molecule has 2 fully saturated rings. The molecule has 3 aromatic rings. The number of hydroxylamine groups is 2. The molecule has 162 valence electrons. The van der Waals surface area contributed by atoms with Crippen LogP contribution in [0.5, 0.6) is 0 Å². The van der Waals surface area contributed by atoms with Crippen LogP contribution in [0, 0.1) is 25.7 Å². The van der Waals surface area contributed by atoms with Gasteiger partial charge in [-0.15, -0.1) is 0 Å². The van der Waals surface area contributed by atoms with Crippen LogP contribution >= 0.6 is 0 Å². The van der Waals surface area contributed by atoms with E-state index < -0.39 is 0 Å². The van der Waals surface area contributed by atoms with E-state index in [1.54, 1.807) is 11.4 Å². The fourth-order valence-corrected chi connectivity index (χ4v) is 5.07. The van der Waals surface area contributed by atoms with Gasteiger partial charge in [0, 0.05) is 30.4 Å². The molecule has 0 unspecified atom stereocenters. The number of carbonyl (C=O) groups is 1. The van der Waals surface area contributed by atoms with Gasteiger partial charge in [-0.3, -0.25) is 14.6 Å². The minimum Gasteiger partial charge on any atom is -0.272 e. The summed E-state index contributed by atoms with van der Waals surface area (Å²) in [5.74, 6) is 0.789. The van der Waals surface area contributed by atoms with Gasteiger partial charge in [-0.1, -0.05) is 12.1 Å². The number of pyridine rings is 2. The summed E-state index contributed by atoms with van der Waals surface area (Å²) in [6.07, 6.45) is 11.4. The van der Waals surface area contributed by atoms with Gasteiger partial charge >= 0.3 is 0 Å². The van der Waals surface area contributed by atoms with Crippen LogP contribution in [0.1, 0.15) is 60.5 Å². The number of hydrogen-bond donors (Lipinski definition) is 0. The fourth-order valence-electron chi connectivity index (χ4n) is 5.07. The van der Waals surface area contributed by atoms with E-state index in [2.05, 4.69) is 40.3 Å². The van der Waals surface area contributed by atoms with Crippen molar-refractivity contribution in [1.29, 1.82) is 0 Å². The van der Waals surface area contributed by atoms with Gasteiger partial charge in [-0.25, -0.2) is 14.6 Å². The highest BCUT2D eigenvalue weighted by atomic mass is 16.7. The van der Waals surface area contributed by atoms with Gasteiger partial charge in [-0.05, 0) is 74.6 Å². The molecule has 7 heteroatoms. The summed E-state index contributed by atoms with van der Waals surface area (Å²) in [6.45, 7) is 4.64. The standard InChI is InChI=1S/C24H29N5O2/c1-16-11-19(14-28-23(16)26-15-27-28)12-18-4-7-20(8-5-18)24(30)29-22(9-10-31-29)21-6-3-17(2)25-13-21/h3,6,11,13-15,18,20,22H,4-5,7-10,12H2,1-2H3/t18-,20-,22-/m0/s1. The zero-order valence-corrected chi connectivity index (χ0v) is 18.2. The van der Waals surface area contributed by atoms with Gasteiger partial charge in [0.2, 0.25) is 5.91 Å². The predicted molar refractivity (Wildman–Crippen MR) is 116 cm³/mol. The predicted octanol–water partition coefficient (Wildman–Crippen LogP) is 4.00. The Kier molecular flexibility index (Phi) is 5.44. The van der Waals surface area contributed by atoms with Crippen LogP contribution in [0.3, 0.4) is 0 Å². The number of amides is 1. The number of hydrogen-bond acceptors (Lipinski definition) is 5. The van der Waals surface area contributed by atoms with Gasteiger partial charge in [0.1, 0.15) is 6.33 Å². The second-order valence-electron chi connectivity index (χ2n) is 9.02. The largest absolute Gasteiger partial charge is 0.272 e. The van der Waals surface area contributed by atoms with Crippen molar-refractivity contribution in [3.05, 3.63) is 59.3 Å². The minimum absolute atomic E-state index is 0.0179. The average molecular weight is 420 g/mol. The molecular weight excluding hydrogens is 390 g/mol. The van der Waals surface area contributed by atoms with E-state index >= 15 is 0 Å². The van der Waals surface area contributed by atoms with Crippen molar-refractivity contribution in [2.45, 2.75) is 58.4 Å². The number of aromatic nitrogens is 4. The summed E-state index contributed by atoms with van der Waals surface area (Å²) in [6, 6.07) is 6.27. The molecule has 7 nitrogen and oxygen atoms in total. The molecule has 1 aliphatic heterocycles. The maximum atomic E-state index is 13.2. The van der Waals surface area contributed by atoms with Crippen molar-refractivity contribution in [3.8, 4) is 0 Å². The quantitative estimate of drug-likeness (QED) is 0.639. The molecule has 1 amide bonds. The Labute approximate surface area is 182 Å². The van der Waals surface area contributed by atoms with E-state index in [1.165, 1.54) is 5.56 Å². The Morgan fingerprint density at radius 1 is 1.13 bits per heavy atom. The van der Waals surface area contributed by atoms with E-state index in [9.17, 15) is 4.79 Å². The molecule has 1 saturated heterocycles. The summed E-state index contributed by atoms with van der Waals surface area (Å²) in [4.78, 5) is 27.7. The maximum Gasteiger partial charge on any atom is 0.249 e. The third-order valence-corrected chi connectivity index (χ3v) is 6.78. The average Bonchev–Trinajstić information content (AvgIpc) is 3.44. The first-order valence-electron chi connectivity index (χ1n) is 11.3. The molecule has 31 heavy (non-hydrogen) atoms. The van der Waals surface area contributed by atoms with E-state index in [-0.39, 0.29) is 17.9 Å². The Balaban J connectivity index is 1.20. The summed E-state index contributed by atoms with van der Waals surface area (Å²) in [5, 5.41) is 5.92. The van der Waals surface area contributed by atoms with Crippen LogP contribution in [-0.2, 0) is 16.1 Å². The third kappa shape index (κ3) is 4.06. The molecule has 1 saturated carbocycles. The van der Waals surface area contributed by atoms with Crippen LogP contribution in [0.15, 0.2) is 36.9 Å². The Morgan fingerprint density at radius 2 is 1.97 bits per heavy atom. The Morgan fingerprint density at radius 3 is 2.74 bits per heavy atom.